The van der Waals surface area contributed by atoms with Gasteiger partial charge in [0.05, 0.1) is 12.7 Å². The van der Waals surface area contributed by atoms with Gasteiger partial charge in [-0.05, 0) is 37.2 Å². The van der Waals surface area contributed by atoms with Crippen LogP contribution in [0.1, 0.15) is 18.1 Å². The Hall–Kier alpha value is -1.14. The van der Waals surface area contributed by atoms with E-state index in [0.717, 1.165) is 44.7 Å². The van der Waals surface area contributed by atoms with E-state index < -0.39 is 6.10 Å². The number of nitrogens with two attached hydrogens (primary N) is 1. The molecule has 1 unspecified atom stereocenters. The van der Waals surface area contributed by atoms with Crippen molar-refractivity contribution in [1.29, 1.82) is 0 Å². The van der Waals surface area contributed by atoms with Gasteiger partial charge in [-0.25, -0.2) is 0 Å². The molecule has 0 bridgehead atoms. The Balaban J connectivity index is 1.86. The first-order valence-electron chi connectivity index (χ1n) is 7.28. The Morgan fingerprint density at radius 1 is 1.15 bits per heavy atom. The highest BCUT2D eigenvalue weighted by molar-refractivity contribution is 5.41. The second-order valence-electron chi connectivity index (χ2n) is 5.41. The lowest BCUT2D eigenvalue weighted by Gasteiger charge is -2.24. The fourth-order valence-electron chi connectivity index (χ4n) is 2.69. The Morgan fingerprint density at radius 3 is 2.65 bits per heavy atom. The van der Waals surface area contributed by atoms with E-state index in [4.69, 9.17) is 10.8 Å². The summed E-state index contributed by atoms with van der Waals surface area (Å²) in [5.41, 5.74) is 7.31. The first-order valence-corrected chi connectivity index (χ1v) is 7.28. The maximum absolute atomic E-state index is 10.3. The monoisotopic (exact) mass is 279 g/mol. The predicted molar refractivity (Wildman–Crippen MR) is 80.4 cm³/mol. The van der Waals surface area contributed by atoms with Gasteiger partial charge in [0.15, 0.2) is 0 Å². The highest BCUT2D eigenvalue weighted by atomic mass is 16.3. The fraction of sp³-hybridized carbons (Fsp3) is 0.600. The summed E-state index contributed by atoms with van der Waals surface area (Å²) < 4.78 is 0. The van der Waals surface area contributed by atoms with Crippen molar-refractivity contribution in [3.63, 3.8) is 0 Å². The first kappa shape index (κ1) is 15.3. The molecule has 20 heavy (non-hydrogen) atoms. The molecular formula is C15H25N3O2. The molecule has 4 N–H and O–H groups in total. The van der Waals surface area contributed by atoms with Crippen molar-refractivity contribution in [2.75, 3.05) is 51.6 Å². The average molecular weight is 279 g/mol. The van der Waals surface area contributed by atoms with Crippen LogP contribution in [-0.4, -0.2) is 65.9 Å². The number of nitrogens with zero attached hydrogens (tertiary/aromatic N) is 2. The Morgan fingerprint density at radius 2 is 1.90 bits per heavy atom. The van der Waals surface area contributed by atoms with Crippen LogP contribution in [0, 0.1) is 0 Å². The molecule has 112 valence electrons. The van der Waals surface area contributed by atoms with E-state index in [-0.39, 0.29) is 6.61 Å². The van der Waals surface area contributed by atoms with Crippen LogP contribution in [0.25, 0.3) is 0 Å². The zero-order valence-electron chi connectivity index (χ0n) is 11.9. The molecule has 5 nitrogen and oxygen atoms in total. The van der Waals surface area contributed by atoms with Crippen LogP contribution >= 0.6 is 0 Å². The molecule has 1 aliphatic heterocycles. The van der Waals surface area contributed by atoms with Gasteiger partial charge in [-0.15, -0.1) is 0 Å². The molecule has 0 saturated carbocycles. The van der Waals surface area contributed by atoms with E-state index in [1.165, 1.54) is 0 Å². The van der Waals surface area contributed by atoms with Crippen molar-refractivity contribution in [3.8, 4) is 0 Å². The van der Waals surface area contributed by atoms with E-state index in [0.29, 0.717) is 12.2 Å². The SMILES string of the molecule is Nc1cccc(C(O)CN2CCCN(CCO)CC2)c1. The summed E-state index contributed by atoms with van der Waals surface area (Å²) in [7, 11) is 0. The molecule has 0 spiro atoms. The topological polar surface area (TPSA) is 73.0 Å². The number of aliphatic hydroxyl groups excluding tert-OH is 2. The number of hydrogen-bond acceptors (Lipinski definition) is 5. The van der Waals surface area contributed by atoms with Crippen molar-refractivity contribution in [2.45, 2.75) is 12.5 Å². The van der Waals surface area contributed by atoms with Crippen molar-refractivity contribution < 1.29 is 10.2 Å². The molecule has 1 aliphatic rings. The lowest BCUT2D eigenvalue weighted by molar-refractivity contribution is 0.114. The lowest BCUT2D eigenvalue weighted by Crippen LogP contribution is -2.34. The highest BCUT2D eigenvalue weighted by Gasteiger charge is 2.18. The van der Waals surface area contributed by atoms with E-state index in [9.17, 15) is 5.11 Å². The number of benzene rings is 1. The van der Waals surface area contributed by atoms with E-state index in [1.54, 1.807) is 0 Å². The van der Waals surface area contributed by atoms with Crippen molar-refractivity contribution in [1.82, 2.24) is 9.80 Å². The number of aliphatic hydroxyl groups is 2. The van der Waals surface area contributed by atoms with E-state index in [1.807, 2.05) is 24.3 Å². The molecule has 5 heteroatoms. The van der Waals surface area contributed by atoms with Crippen LogP contribution in [-0.2, 0) is 0 Å². The molecule has 1 fully saturated rings. The van der Waals surface area contributed by atoms with Crippen LogP contribution < -0.4 is 5.73 Å². The lowest BCUT2D eigenvalue weighted by atomic mass is 10.1. The third kappa shape index (κ3) is 4.45. The highest BCUT2D eigenvalue weighted by Crippen LogP contribution is 2.17. The molecule has 1 heterocycles. The molecule has 0 aliphatic carbocycles. The van der Waals surface area contributed by atoms with Crippen LogP contribution in [0.5, 0.6) is 0 Å². The maximum Gasteiger partial charge on any atom is 0.0917 e. The molecule has 1 atom stereocenters. The molecule has 0 aromatic heterocycles. The second-order valence-corrected chi connectivity index (χ2v) is 5.41. The molecule has 0 radical (unpaired) electrons. The number of rotatable bonds is 5. The Labute approximate surface area is 120 Å². The summed E-state index contributed by atoms with van der Waals surface area (Å²) in [6.45, 7) is 5.48. The molecule has 2 rings (SSSR count). The second kappa shape index (κ2) is 7.59. The number of β-amino-alcohol motifs (C(OH)–C–C–N with tert-alkyl or cyclic N) is 2. The van der Waals surface area contributed by atoms with E-state index in [2.05, 4.69) is 9.80 Å². The minimum atomic E-state index is -0.497. The molecular weight excluding hydrogens is 254 g/mol. The van der Waals surface area contributed by atoms with Crippen molar-refractivity contribution in [3.05, 3.63) is 29.8 Å². The largest absolute Gasteiger partial charge is 0.399 e. The molecule has 1 saturated heterocycles. The normalized spacial score (nSPS) is 19.7. The predicted octanol–water partition coefficient (Wildman–Crippen LogP) is 0.302. The van der Waals surface area contributed by atoms with E-state index >= 15 is 0 Å². The fourth-order valence-corrected chi connectivity index (χ4v) is 2.69. The quantitative estimate of drug-likeness (QED) is 0.676. The summed E-state index contributed by atoms with van der Waals surface area (Å²) in [6.07, 6.45) is 0.576. The zero-order chi connectivity index (χ0) is 14.4. The zero-order valence-corrected chi connectivity index (χ0v) is 11.9. The minimum absolute atomic E-state index is 0.214. The van der Waals surface area contributed by atoms with Crippen LogP contribution in [0.3, 0.4) is 0 Å². The third-order valence-corrected chi connectivity index (χ3v) is 3.82. The molecule has 0 amide bonds. The van der Waals surface area contributed by atoms with Gasteiger partial charge in [-0.3, -0.25) is 9.80 Å². The van der Waals surface area contributed by atoms with Gasteiger partial charge in [0, 0.05) is 31.9 Å². The number of nitrogen functional groups attached to an aromatic ring is 1. The Kier molecular flexibility index (Phi) is 5.79. The van der Waals surface area contributed by atoms with Gasteiger partial charge in [-0.2, -0.15) is 0 Å². The smallest absolute Gasteiger partial charge is 0.0917 e. The maximum atomic E-state index is 10.3. The summed E-state index contributed by atoms with van der Waals surface area (Å²) in [5, 5.41) is 19.3. The van der Waals surface area contributed by atoms with Crippen LogP contribution in [0.4, 0.5) is 5.69 Å². The van der Waals surface area contributed by atoms with Gasteiger partial charge in [-0.1, -0.05) is 12.1 Å². The molecule has 1 aromatic carbocycles. The van der Waals surface area contributed by atoms with Gasteiger partial charge in [0.25, 0.3) is 0 Å². The average Bonchev–Trinajstić information content (AvgIpc) is 2.65. The summed E-state index contributed by atoms with van der Waals surface area (Å²) in [6, 6.07) is 7.45. The first-order chi connectivity index (χ1) is 9.69. The molecule has 1 aromatic rings. The summed E-state index contributed by atoms with van der Waals surface area (Å²) >= 11 is 0. The van der Waals surface area contributed by atoms with Gasteiger partial charge in [0.1, 0.15) is 0 Å². The van der Waals surface area contributed by atoms with Crippen molar-refractivity contribution in [2.24, 2.45) is 0 Å². The van der Waals surface area contributed by atoms with Crippen molar-refractivity contribution >= 4 is 5.69 Å². The number of anilines is 1. The summed E-state index contributed by atoms with van der Waals surface area (Å²) in [5.74, 6) is 0. The van der Waals surface area contributed by atoms with Crippen LogP contribution in [0.2, 0.25) is 0 Å². The summed E-state index contributed by atoms with van der Waals surface area (Å²) in [4.78, 5) is 4.55. The van der Waals surface area contributed by atoms with Gasteiger partial charge >= 0.3 is 0 Å². The van der Waals surface area contributed by atoms with Gasteiger partial charge in [0.2, 0.25) is 0 Å². The Bertz CT molecular complexity index is 414. The third-order valence-electron chi connectivity index (χ3n) is 3.82. The minimum Gasteiger partial charge on any atom is -0.399 e. The number of hydrogen-bond donors (Lipinski definition) is 3. The standard InChI is InChI=1S/C15H25N3O2/c16-14-4-1-3-13(11-14)15(20)12-18-6-2-5-17(7-8-18)9-10-19/h1,3-4,11,15,19-20H,2,5-10,12,16H2. The van der Waals surface area contributed by atoms with Crippen LogP contribution in [0.15, 0.2) is 24.3 Å². The van der Waals surface area contributed by atoms with Gasteiger partial charge < -0.3 is 15.9 Å².